The predicted molar refractivity (Wildman–Crippen MR) is 65.3 cm³/mol. The second kappa shape index (κ2) is 4.99. The molecule has 1 aliphatic rings. The minimum Gasteiger partial charge on any atom is -0.491 e. The Labute approximate surface area is 98.9 Å². The largest absolute Gasteiger partial charge is 0.491 e. The molecule has 2 N–H and O–H groups in total. The Bertz CT molecular complexity index is 352. The van der Waals surface area contributed by atoms with E-state index < -0.39 is 0 Å². The van der Waals surface area contributed by atoms with Crippen LogP contribution < -0.4 is 10.5 Å². The van der Waals surface area contributed by atoms with Crippen molar-refractivity contribution in [2.24, 2.45) is 5.73 Å². The van der Waals surface area contributed by atoms with Gasteiger partial charge in [0.15, 0.2) is 0 Å². The molecule has 3 heteroatoms. The molecule has 0 saturated carbocycles. The SMILES string of the molecule is NCCOc1ccc2c(c1Br)CCCC2. The smallest absolute Gasteiger partial charge is 0.133 e. The zero-order valence-corrected chi connectivity index (χ0v) is 10.3. The number of hydrogen-bond donors (Lipinski definition) is 1. The molecular weight excluding hydrogens is 254 g/mol. The van der Waals surface area contributed by atoms with Crippen molar-refractivity contribution < 1.29 is 4.74 Å². The third-order valence-electron chi connectivity index (χ3n) is 2.80. The van der Waals surface area contributed by atoms with Gasteiger partial charge in [0.05, 0.1) is 4.47 Å². The molecule has 0 heterocycles. The van der Waals surface area contributed by atoms with Gasteiger partial charge >= 0.3 is 0 Å². The summed E-state index contributed by atoms with van der Waals surface area (Å²) in [5.74, 6) is 0.932. The molecule has 0 aliphatic heterocycles. The maximum absolute atomic E-state index is 5.58. The van der Waals surface area contributed by atoms with Gasteiger partial charge in [0, 0.05) is 6.54 Å². The highest BCUT2D eigenvalue weighted by Crippen LogP contribution is 2.35. The van der Waals surface area contributed by atoms with Crippen LogP contribution in [0.15, 0.2) is 16.6 Å². The average Bonchev–Trinajstić information content (AvgIpc) is 2.29. The van der Waals surface area contributed by atoms with Gasteiger partial charge in [-0.3, -0.25) is 0 Å². The van der Waals surface area contributed by atoms with Crippen LogP contribution in [0.2, 0.25) is 0 Å². The summed E-state index contributed by atoms with van der Waals surface area (Å²) in [5, 5.41) is 0. The fourth-order valence-electron chi connectivity index (χ4n) is 2.04. The summed E-state index contributed by atoms with van der Waals surface area (Å²) in [6.45, 7) is 1.14. The van der Waals surface area contributed by atoms with Crippen LogP contribution in [0.25, 0.3) is 0 Å². The molecule has 0 amide bonds. The third kappa shape index (κ3) is 2.34. The Hall–Kier alpha value is -0.540. The van der Waals surface area contributed by atoms with E-state index in [4.69, 9.17) is 10.5 Å². The number of hydrogen-bond acceptors (Lipinski definition) is 2. The van der Waals surface area contributed by atoms with Crippen molar-refractivity contribution in [2.45, 2.75) is 25.7 Å². The van der Waals surface area contributed by atoms with Crippen LogP contribution in [0.4, 0.5) is 0 Å². The Kier molecular flexibility index (Phi) is 3.65. The van der Waals surface area contributed by atoms with Gasteiger partial charge in [-0.05, 0) is 58.8 Å². The molecule has 15 heavy (non-hydrogen) atoms. The molecule has 0 spiro atoms. The van der Waals surface area contributed by atoms with Gasteiger partial charge < -0.3 is 10.5 Å². The molecule has 1 aromatic rings. The van der Waals surface area contributed by atoms with Crippen molar-refractivity contribution >= 4 is 15.9 Å². The molecular formula is C12H16BrNO. The van der Waals surface area contributed by atoms with E-state index in [1.807, 2.05) is 6.07 Å². The maximum atomic E-state index is 5.58. The number of aryl methyl sites for hydroxylation is 1. The Morgan fingerprint density at radius 1 is 1.27 bits per heavy atom. The van der Waals surface area contributed by atoms with Gasteiger partial charge in [-0.2, -0.15) is 0 Å². The standard InChI is InChI=1S/C12H16BrNO/c13-12-10-4-2-1-3-9(10)5-6-11(12)15-8-7-14/h5-6H,1-4,7-8,14H2. The lowest BCUT2D eigenvalue weighted by Crippen LogP contribution is -2.12. The Morgan fingerprint density at radius 3 is 2.87 bits per heavy atom. The summed E-state index contributed by atoms with van der Waals surface area (Å²) in [5.41, 5.74) is 8.32. The molecule has 1 aromatic carbocycles. The van der Waals surface area contributed by atoms with Gasteiger partial charge in [0.25, 0.3) is 0 Å². The number of halogens is 1. The summed E-state index contributed by atoms with van der Waals surface area (Å²) < 4.78 is 6.71. The topological polar surface area (TPSA) is 35.2 Å². The summed E-state index contributed by atoms with van der Waals surface area (Å²) in [7, 11) is 0. The van der Waals surface area contributed by atoms with E-state index in [1.165, 1.54) is 30.4 Å². The molecule has 0 bridgehead atoms. The van der Waals surface area contributed by atoms with E-state index >= 15 is 0 Å². The lowest BCUT2D eigenvalue weighted by molar-refractivity contribution is 0.325. The molecule has 0 unspecified atom stereocenters. The highest BCUT2D eigenvalue weighted by molar-refractivity contribution is 9.10. The van der Waals surface area contributed by atoms with Crippen LogP contribution in [0.3, 0.4) is 0 Å². The first kappa shape index (κ1) is 11.0. The molecule has 0 saturated heterocycles. The van der Waals surface area contributed by atoms with Crippen LogP contribution >= 0.6 is 15.9 Å². The lowest BCUT2D eigenvalue weighted by atomic mass is 9.92. The van der Waals surface area contributed by atoms with E-state index in [0.29, 0.717) is 13.2 Å². The lowest BCUT2D eigenvalue weighted by Gasteiger charge is -2.19. The number of rotatable bonds is 3. The molecule has 82 valence electrons. The van der Waals surface area contributed by atoms with E-state index in [1.54, 1.807) is 0 Å². The van der Waals surface area contributed by atoms with Crippen molar-refractivity contribution in [2.75, 3.05) is 13.2 Å². The van der Waals surface area contributed by atoms with Crippen molar-refractivity contribution in [1.29, 1.82) is 0 Å². The second-order valence-electron chi connectivity index (χ2n) is 3.86. The van der Waals surface area contributed by atoms with Gasteiger partial charge in [-0.25, -0.2) is 0 Å². The monoisotopic (exact) mass is 269 g/mol. The predicted octanol–water partition coefficient (Wildman–Crippen LogP) is 2.67. The summed E-state index contributed by atoms with van der Waals surface area (Å²) in [4.78, 5) is 0. The molecule has 0 fully saturated rings. The first-order valence-electron chi connectivity index (χ1n) is 5.46. The highest BCUT2D eigenvalue weighted by Gasteiger charge is 2.15. The van der Waals surface area contributed by atoms with Crippen molar-refractivity contribution in [3.8, 4) is 5.75 Å². The van der Waals surface area contributed by atoms with E-state index in [-0.39, 0.29) is 0 Å². The van der Waals surface area contributed by atoms with Crippen LogP contribution in [0, 0.1) is 0 Å². The first-order chi connectivity index (χ1) is 7.33. The third-order valence-corrected chi connectivity index (χ3v) is 3.67. The average molecular weight is 270 g/mol. The normalized spacial score (nSPS) is 14.8. The van der Waals surface area contributed by atoms with E-state index in [2.05, 4.69) is 22.0 Å². The highest BCUT2D eigenvalue weighted by atomic mass is 79.9. The van der Waals surface area contributed by atoms with Gasteiger partial charge in [-0.1, -0.05) is 6.07 Å². The van der Waals surface area contributed by atoms with Gasteiger partial charge in [0.2, 0.25) is 0 Å². The fourth-order valence-corrected chi connectivity index (χ4v) is 2.74. The van der Waals surface area contributed by atoms with Crippen molar-refractivity contribution in [3.05, 3.63) is 27.7 Å². The van der Waals surface area contributed by atoms with E-state index in [9.17, 15) is 0 Å². The minimum absolute atomic E-state index is 0.559. The van der Waals surface area contributed by atoms with Crippen LogP contribution in [0.5, 0.6) is 5.75 Å². The Morgan fingerprint density at radius 2 is 2.07 bits per heavy atom. The molecule has 1 aliphatic carbocycles. The van der Waals surface area contributed by atoms with Crippen molar-refractivity contribution in [3.63, 3.8) is 0 Å². The Balaban J connectivity index is 2.26. The molecule has 2 nitrogen and oxygen atoms in total. The van der Waals surface area contributed by atoms with Crippen LogP contribution in [-0.2, 0) is 12.8 Å². The number of benzene rings is 1. The number of ether oxygens (including phenoxy) is 1. The minimum atomic E-state index is 0.559. The van der Waals surface area contributed by atoms with Crippen molar-refractivity contribution in [1.82, 2.24) is 0 Å². The van der Waals surface area contributed by atoms with Gasteiger partial charge in [0.1, 0.15) is 12.4 Å². The quantitative estimate of drug-likeness (QED) is 0.916. The molecule has 0 radical (unpaired) electrons. The fraction of sp³-hybridized carbons (Fsp3) is 0.500. The summed E-state index contributed by atoms with van der Waals surface area (Å²) in [6.07, 6.45) is 4.95. The molecule has 0 aromatic heterocycles. The molecule has 2 rings (SSSR count). The number of nitrogens with two attached hydrogens (primary N) is 1. The molecule has 0 atom stereocenters. The van der Waals surface area contributed by atoms with Gasteiger partial charge in [-0.15, -0.1) is 0 Å². The first-order valence-corrected chi connectivity index (χ1v) is 6.25. The van der Waals surface area contributed by atoms with E-state index in [0.717, 1.165) is 16.6 Å². The van der Waals surface area contributed by atoms with Crippen LogP contribution in [0.1, 0.15) is 24.0 Å². The summed E-state index contributed by atoms with van der Waals surface area (Å²) >= 11 is 3.63. The summed E-state index contributed by atoms with van der Waals surface area (Å²) in [6, 6.07) is 4.23. The second-order valence-corrected chi connectivity index (χ2v) is 4.65. The maximum Gasteiger partial charge on any atom is 0.133 e. The zero-order chi connectivity index (χ0) is 10.7. The number of fused-ring (bicyclic) bond motifs is 1. The van der Waals surface area contributed by atoms with Crippen LogP contribution in [-0.4, -0.2) is 13.2 Å². The zero-order valence-electron chi connectivity index (χ0n) is 8.76.